The van der Waals surface area contributed by atoms with Crippen molar-refractivity contribution < 1.29 is 9.59 Å². The molecule has 0 fully saturated rings. The predicted molar refractivity (Wildman–Crippen MR) is 118 cm³/mol. The summed E-state index contributed by atoms with van der Waals surface area (Å²) in [7, 11) is 1.53. The van der Waals surface area contributed by atoms with Crippen LogP contribution in [0, 0.1) is 20.8 Å². The molecule has 2 aromatic heterocycles. The second kappa shape index (κ2) is 8.50. The van der Waals surface area contributed by atoms with E-state index in [9.17, 15) is 14.4 Å². The lowest BCUT2D eigenvalue weighted by molar-refractivity contribution is 0.0955. The summed E-state index contributed by atoms with van der Waals surface area (Å²) in [5, 5.41) is 9.67. The van der Waals surface area contributed by atoms with Gasteiger partial charge in [0.25, 0.3) is 17.4 Å². The monoisotopic (exact) mass is 425 g/mol. The molecule has 0 saturated heterocycles. The minimum Gasteiger partial charge on any atom is -0.354 e. The first kappa shape index (κ1) is 21.3. The molecule has 30 heavy (non-hydrogen) atoms. The van der Waals surface area contributed by atoms with Crippen LogP contribution in [0.4, 0.5) is 0 Å². The van der Waals surface area contributed by atoms with E-state index in [1.807, 2.05) is 32.0 Å². The largest absolute Gasteiger partial charge is 0.354 e. The Hall–Kier alpha value is -3.46. The number of carbonyl (C=O) groups is 2. The summed E-state index contributed by atoms with van der Waals surface area (Å²) in [6.45, 7) is 7.44. The number of hydrazone groups is 1. The van der Waals surface area contributed by atoms with Crippen molar-refractivity contribution in [2.24, 2.45) is 5.10 Å². The van der Waals surface area contributed by atoms with Gasteiger partial charge in [-0.15, -0.1) is 11.3 Å². The van der Waals surface area contributed by atoms with Crippen LogP contribution in [0.3, 0.4) is 0 Å². The molecule has 1 aromatic carbocycles. The Labute approximate surface area is 177 Å². The number of aromatic amines is 1. The molecule has 3 rings (SSSR count). The number of rotatable bonds is 5. The van der Waals surface area contributed by atoms with E-state index in [1.54, 1.807) is 26.0 Å². The standard InChI is InChI=1S/C21H23N5O3S/c1-11-6-7-15(10-12(11)2)26-21(29)18(14(4)25-26)13(3)23-24-20(28)17-9-8-16(30-17)19(27)22-5/h6-10,25H,1-5H3,(H,22,27)(H,24,28)/b23-13+. The van der Waals surface area contributed by atoms with Crippen LogP contribution < -0.4 is 16.3 Å². The summed E-state index contributed by atoms with van der Waals surface area (Å²) >= 11 is 1.07. The summed E-state index contributed by atoms with van der Waals surface area (Å²) in [5.74, 6) is -0.703. The van der Waals surface area contributed by atoms with Crippen LogP contribution in [0.2, 0.25) is 0 Å². The normalized spacial score (nSPS) is 11.4. The number of hydrogen-bond donors (Lipinski definition) is 3. The highest BCUT2D eigenvalue weighted by molar-refractivity contribution is 7.15. The number of carbonyl (C=O) groups excluding carboxylic acids is 2. The second-order valence-electron chi connectivity index (χ2n) is 6.90. The van der Waals surface area contributed by atoms with Crippen molar-refractivity contribution in [3.63, 3.8) is 0 Å². The SMILES string of the molecule is CNC(=O)c1ccc(C(=O)N/N=C(\C)c2c(C)[nH]n(-c3ccc(C)c(C)c3)c2=O)s1. The van der Waals surface area contributed by atoms with E-state index in [2.05, 4.69) is 20.9 Å². The van der Waals surface area contributed by atoms with Crippen LogP contribution in [0.25, 0.3) is 5.69 Å². The maximum absolute atomic E-state index is 12.9. The Morgan fingerprint density at radius 1 is 1.03 bits per heavy atom. The van der Waals surface area contributed by atoms with Crippen molar-refractivity contribution >= 4 is 28.9 Å². The van der Waals surface area contributed by atoms with Gasteiger partial charge in [0, 0.05) is 12.7 Å². The van der Waals surface area contributed by atoms with Crippen molar-refractivity contribution in [2.45, 2.75) is 27.7 Å². The minimum absolute atomic E-state index is 0.246. The first-order valence-corrected chi connectivity index (χ1v) is 10.1. The Bertz CT molecular complexity index is 1220. The molecule has 0 radical (unpaired) electrons. The highest BCUT2D eigenvalue weighted by Gasteiger charge is 2.17. The molecule has 0 aliphatic rings. The highest BCUT2D eigenvalue weighted by Crippen LogP contribution is 2.16. The lowest BCUT2D eigenvalue weighted by Crippen LogP contribution is -2.23. The maximum atomic E-state index is 12.9. The zero-order valence-corrected chi connectivity index (χ0v) is 18.2. The Morgan fingerprint density at radius 3 is 2.33 bits per heavy atom. The van der Waals surface area contributed by atoms with Gasteiger partial charge in [-0.1, -0.05) is 6.07 Å². The Kier molecular flexibility index (Phi) is 6.02. The van der Waals surface area contributed by atoms with Crippen LogP contribution >= 0.6 is 11.3 Å². The van der Waals surface area contributed by atoms with Gasteiger partial charge in [-0.25, -0.2) is 10.1 Å². The molecular weight excluding hydrogens is 402 g/mol. The molecule has 0 aliphatic heterocycles. The lowest BCUT2D eigenvalue weighted by atomic mass is 10.1. The van der Waals surface area contributed by atoms with Gasteiger partial charge in [-0.3, -0.25) is 19.5 Å². The van der Waals surface area contributed by atoms with E-state index in [0.29, 0.717) is 26.7 Å². The average Bonchev–Trinajstić information content (AvgIpc) is 3.32. The van der Waals surface area contributed by atoms with Crippen LogP contribution in [-0.2, 0) is 0 Å². The van der Waals surface area contributed by atoms with E-state index in [4.69, 9.17) is 0 Å². The molecule has 0 bridgehead atoms. The molecule has 2 amide bonds. The number of aromatic nitrogens is 2. The summed E-state index contributed by atoms with van der Waals surface area (Å²) in [4.78, 5) is 37.7. The number of hydrogen-bond acceptors (Lipinski definition) is 5. The van der Waals surface area contributed by atoms with Gasteiger partial charge in [0.1, 0.15) is 0 Å². The molecule has 2 heterocycles. The van der Waals surface area contributed by atoms with Gasteiger partial charge in [-0.2, -0.15) is 5.10 Å². The fourth-order valence-electron chi connectivity index (χ4n) is 2.97. The van der Waals surface area contributed by atoms with Crippen molar-refractivity contribution in [1.29, 1.82) is 0 Å². The number of thiophene rings is 1. The lowest BCUT2D eigenvalue weighted by Gasteiger charge is -2.05. The first-order valence-electron chi connectivity index (χ1n) is 9.29. The molecule has 9 heteroatoms. The van der Waals surface area contributed by atoms with Crippen LogP contribution in [0.5, 0.6) is 0 Å². The summed E-state index contributed by atoms with van der Waals surface area (Å²) in [6.07, 6.45) is 0. The summed E-state index contributed by atoms with van der Waals surface area (Å²) < 4.78 is 1.47. The number of benzene rings is 1. The van der Waals surface area contributed by atoms with Crippen LogP contribution in [-0.4, -0.2) is 34.4 Å². The zero-order valence-electron chi connectivity index (χ0n) is 17.4. The molecule has 0 spiro atoms. The minimum atomic E-state index is -0.447. The number of nitrogens with one attached hydrogen (secondary N) is 3. The number of amides is 2. The fourth-order valence-corrected chi connectivity index (χ4v) is 3.81. The van der Waals surface area contributed by atoms with Crippen molar-refractivity contribution in [1.82, 2.24) is 20.5 Å². The third kappa shape index (κ3) is 4.11. The van der Waals surface area contributed by atoms with Crippen LogP contribution in [0.1, 0.15) is 48.7 Å². The molecule has 0 atom stereocenters. The van der Waals surface area contributed by atoms with Gasteiger partial charge < -0.3 is 5.32 Å². The smallest absolute Gasteiger partial charge is 0.281 e. The first-order chi connectivity index (χ1) is 14.2. The Balaban J connectivity index is 1.84. The fraction of sp³-hybridized carbons (Fsp3) is 0.238. The molecule has 0 saturated carbocycles. The zero-order chi connectivity index (χ0) is 22.0. The topological polar surface area (TPSA) is 108 Å². The second-order valence-corrected chi connectivity index (χ2v) is 7.99. The molecular formula is C21H23N5O3S. The molecule has 0 unspecified atom stereocenters. The van der Waals surface area contributed by atoms with E-state index in [0.717, 1.165) is 28.2 Å². The van der Waals surface area contributed by atoms with Gasteiger partial charge >= 0.3 is 0 Å². The van der Waals surface area contributed by atoms with Gasteiger partial charge in [0.15, 0.2) is 0 Å². The van der Waals surface area contributed by atoms with Gasteiger partial charge in [0.05, 0.1) is 26.7 Å². The van der Waals surface area contributed by atoms with Crippen molar-refractivity contribution in [2.75, 3.05) is 7.05 Å². The number of H-pyrrole nitrogens is 1. The summed E-state index contributed by atoms with van der Waals surface area (Å²) in [5.41, 5.74) is 6.58. The Morgan fingerprint density at radius 2 is 1.70 bits per heavy atom. The van der Waals surface area contributed by atoms with E-state index in [-0.39, 0.29) is 11.5 Å². The van der Waals surface area contributed by atoms with Crippen molar-refractivity contribution in [3.8, 4) is 5.69 Å². The quantitative estimate of drug-likeness (QED) is 0.432. The van der Waals surface area contributed by atoms with E-state index >= 15 is 0 Å². The molecule has 8 nitrogen and oxygen atoms in total. The third-order valence-electron chi connectivity index (χ3n) is 4.79. The molecule has 3 N–H and O–H groups in total. The number of nitrogens with zero attached hydrogens (tertiary/aromatic N) is 2. The van der Waals surface area contributed by atoms with E-state index < -0.39 is 5.91 Å². The number of aryl methyl sites for hydroxylation is 3. The van der Waals surface area contributed by atoms with E-state index in [1.165, 1.54) is 11.7 Å². The molecule has 3 aromatic rings. The average molecular weight is 426 g/mol. The molecule has 0 aliphatic carbocycles. The summed E-state index contributed by atoms with van der Waals surface area (Å²) in [6, 6.07) is 8.91. The highest BCUT2D eigenvalue weighted by atomic mass is 32.1. The van der Waals surface area contributed by atoms with Crippen LogP contribution in [0.15, 0.2) is 40.2 Å². The van der Waals surface area contributed by atoms with Gasteiger partial charge in [-0.05, 0) is 63.1 Å². The maximum Gasteiger partial charge on any atom is 0.281 e. The van der Waals surface area contributed by atoms with Gasteiger partial charge in [0.2, 0.25) is 0 Å². The molecule has 156 valence electrons. The predicted octanol–water partition coefficient (Wildman–Crippen LogP) is 2.67. The van der Waals surface area contributed by atoms with Crippen molar-refractivity contribution in [3.05, 3.63) is 72.8 Å². The third-order valence-corrected chi connectivity index (χ3v) is 5.87.